The minimum Gasteiger partial charge on any atom is -0.497 e. The summed E-state index contributed by atoms with van der Waals surface area (Å²) in [6.07, 6.45) is 0.654. The van der Waals surface area contributed by atoms with Gasteiger partial charge < -0.3 is 29.2 Å². The molecule has 11 nitrogen and oxygen atoms in total. The normalized spacial score (nSPS) is 10.7. The Morgan fingerprint density at radius 3 is 2.41 bits per heavy atom. The van der Waals surface area contributed by atoms with E-state index in [-0.39, 0.29) is 22.3 Å². The Labute approximate surface area is 191 Å². The second kappa shape index (κ2) is 12.2. The van der Waals surface area contributed by atoms with E-state index in [1.54, 1.807) is 38.2 Å². The van der Waals surface area contributed by atoms with E-state index in [9.17, 15) is 10.1 Å². The predicted molar refractivity (Wildman–Crippen MR) is 122 cm³/mol. The number of nitrogens with one attached hydrogen (secondary N) is 1. The zero-order chi connectivity index (χ0) is 23.7. The molecule has 0 aliphatic rings. The molecule has 0 saturated heterocycles. The smallest absolute Gasteiger partial charge is 0.353 e. The Hall–Kier alpha value is -2.89. The molecule has 12 heteroatoms. The maximum absolute atomic E-state index is 12.1. The van der Waals surface area contributed by atoms with Crippen molar-refractivity contribution < 1.29 is 23.9 Å². The molecule has 32 heavy (non-hydrogen) atoms. The first kappa shape index (κ1) is 25.4. The summed E-state index contributed by atoms with van der Waals surface area (Å²) in [7, 11) is 6.13. The monoisotopic (exact) mass is 469 g/mol. The van der Waals surface area contributed by atoms with E-state index >= 15 is 0 Å². The Bertz CT molecular complexity index is 930. The molecule has 0 fully saturated rings. The molecule has 0 saturated carbocycles. The van der Waals surface area contributed by atoms with Gasteiger partial charge in [0.15, 0.2) is 0 Å². The van der Waals surface area contributed by atoms with E-state index in [1.807, 2.05) is 0 Å². The number of aryl methyl sites for hydroxylation is 1. The standard InChI is InChI=1S/C20H28ClN5O6/c1-13-22-19(24-17-15(21)11-14(31-4)12-16(17)32-5)18(26(27)28)20(23-13)25(8-10-30-3)7-6-9-29-2/h11-12H,6-10H2,1-5H3,(H,22,23,24). The molecule has 0 aliphatic heterocycles. The number of hydrogen-bond acceptors (Lipinski definition) is 10. The molecule has 0 aliphatic carbocycles. The van der Waals surface area contributed by atoms with Crippen molar-refractivity contribution in [2.45, 2.75) is 13.3 Å². The number of benzene rings is 1. The second-order valence-corrected chi connectivity index (χ2v) is 7.09. The fourth-order valence-corrected chi connectivity index (χ4v) is 3.28. The third-order valence-corrected chi connectivity index (χ3v) is 4.83. The van der Waals surface area contributed by atoms with Gasteiger partial charge in [-0.15, -0.1) is 0 Å². The highest BCUT2D eigenvalue weighted by Gasteiger charge is 2.29. The third-order valence-electron chi connectivity index (χ3n) is 4.53. The average molecular weight is 470 g/mol. The van der Waals surface area contributed by atoms with Gasteiger partial charge in [-0.3, -0.25) is 10.1 Å². The summed E-state index contributed by atoms with van der Waals surface area (Å²) in [5, 5.41) is 15.3. The maximum Gasteiger partial charge on any atom is 0.353 e. The molecule has 0 spiro atoms. The molecule has 1 heterocycles. The first-order chi connectivity index (χ1) is 15.4. The average Bonchev–Trinajstić information content (AvgIpc) is 2.76. The number of halogens is 1. The lowest BCUT2D eigenvalue weighted by molar-refractivity contribution is -0.383. The molecular weight excluding hydrogens is 442 g/mol. The van der Waals surface area contributed by atoms with Gasteiger partial charge in [0.1, 0.15) is 23.0 Å². The quantitative estimate of drug-likeness (QED) is 0.264. The van der Waals surface area contributed by atoms with Crippen LogP contribution in [-0.4, -0.2) is 69.6 Å². The Morgan fingerprint density at radius 2 is 1.81 bits per heavy atom. The molecule has 0 radical (unpaired) electrons. The number of nitrogens with zero attached hydrogens (tertiary/aromatic N) is 4. The summed E-state index contributed by atoms with van der Waals surface area (Å²) in [4.78, 5) is 22.0. The van der Waals surface area contributed by atoms with Crippen LogP contribution in [-0.2, 0) is 9.47 Å². The van der Waals surface area contributed by atoms with Crippen LogP contribution >= 0.6 is 11.6 Å². The Kier molecular flexibility index (Phi) is 9.69. The molecule has 1 aromatic carbocycles. The van der Waals surface area contributed by atoms with Crippen molar-refractivity contribution in [3.8, 4) is 11.5 Å². The lowest BCUT2D eigenvalue weighted by Gasteiger charge is -2.24. The van der Waals surface area contributed by atoms with Crippen LogP contribution in [0.2, 0.25) is 5.02 Å². The predicted octanol–water partition coefficient (Wildman–Crippen LogP) is 3.60. The van der Waals surface area contributed by atoms with Crippen LogP contribution in [0.15, 0.2) is 12.1 Å². The summed E-state index contributed by atoms with van der Waals surface area (Å²) in [5.41, 5.74) is 0.0444. The number of ether oxygens (including phenoxy) is 4. The summed E-state index contributed by atoms with van der Waals surface area (Å²) in [6.45, 7) is 3.43. The number of nitro groups is 1. The van der Waals surface area contributed by atoms with E-state index in [0.29, 0.717) is 55.7 Å². The van der Waals surface area contributed by atoms with Crippen molar-refractivity contribution in [3.63, 3.8) is 0 Å². The van der Waals surface area contributed by atoms with Gasteiger partial charge in [-0.25, -0.2) is 9.97 Å². The molecule has 1 N–H and O–H groups in total. The minimum atomic E-state index is -0.517. The molecule has 0 amide bonds. The summed E-state index contributed by atoms with van der Waals surface area (Å²) in [5.74, 6) is 1.36. The van der Waals surface area contributed by atoms with Crippen molar-refractivity contribution in [1.29, 1.82) is 0 Å². The number of methoxy groups -OCH3 is 4. The molecule has 0 bridgehead atoms. The first-order valence-corrected chi connectivity index (χ1v) is 10.2. The van der Waals surface area contributed by atoms with Crippen molar-refractivity contribution in [1.82, 2.24) is 9.97 Å². The first-order valence-electron chi connectivity index (χ1n) is 9.80. The second-order valence-electron chi connectivity index (χ2n) is 6.69. The fraction of sp³-hybridized carbons (Fsp3) is 0.500. The van der Waals surface area contributed by atoms with E-state index < -0.39 is 4.92 Å². The van der Waals surface area contributed by atoms with Gasteiger partial charge in [-0.1, -0.05) is 11.6 Å². The van der Waals surface area contributed by atoms with E-state index in [4.69, 9.17) is 30.5 Å². The van der Waals surface area contributed by atoms with E-state index in [1.165, 1.54) is 14.2 Å². The molecular formula is C20H28ClN5O6. The van der Waals surface area contributed by atoms with Crippen LogP contribution in [0.5, 0.6) is 11.5 Å². The summed E-state index contributed by atoms with van der Waals surface area (Å²) in [6, 6.07) is 3.19. The van der Waals surface area contributed by atoms with Crippen molar-refractivity contribution in [2.75, 3.05) is 65.0 Å². The highest BCUT2D eigenvalue weighted by molar-refractivity contribution is 6.34. The van der Waals surface area contributed by atoms with E-state index in [0.717, 1.165) is 0 Å². The molecule has 1 aromatic heterocycles. The summed E-state index contributed by atoms with van der Waals surface area (Å²) < 4.78 is 20.9. The molecule has 0 atom stereocenters. The van der Waals surface area contributed by atoms with Gasteiger partial charge in [-0.05, 0) is 13.3 Å². The third kappa shape index (κ3) is 6.31. The number of aromatic nitrogens is 2. The van der Waals surface area contributed by atoms with Gasteiger partial charge in [-0.2, -0.15) is 0 Å². The molecule has 176 valence electrons. The van der Waals surface area contributed by atoms with Crippen LogP contribution in [0.4, 0.5) is 23.0 Å². The van der Waals surface area contributed by atoms with Crippen LogP contribution in [0.3, 0.4) is 0 Å². The van der Waals surface area contributed by atoms with Gasteiger partial charge in [0.2, 0.25) is 11.6 Å². The highest BCUT2D eigenvalue weighted by atomic mass is 35.5. The number of hydrogen-bond donors (Lipinski definition) is 1. The number of anilines is 3. The van der Waals surface area contributed by atoms with Crippen molar-refractivity contribution in [3.05, 3.63) is 33.1 Å². The molecule has 2 aromatic rings. The van der Waals surface area contributed by atoms with Gasteiger partial charge in [0.25, 0.3) is 0 Å². The topological polar surface area (TPSA) is 121 Å². The molecule has 0 unspecified atom stereocenters. The highest BCUT2D eigenvalue weighted by Crippen LogP contribution is 2.41. The van der Waals surface area contributed by atoms with Gasteiger partial charge >= 0.3 is 5.69 Å². The van der Waals surface area contributed by atoms with Crippen LogP contribution in [0, 0.1) is 17.0 Å². The summed E-state index contributed by atoms with van der Waals surface area (Å²) >= 11 is 6.39. The Morgan fingerprint density at radius 1 is 1.09 bits per heavy atom. The van der Waals surface area contributed by atoms with Gasteiger partial charge in [0.05, 0.1) is 30.8 Å². The van der Waals surface area contributed by atoms with Crippen molar-refractivity contribution in [2.24, 2.45) is 0 Å². The Balaban J connectivity index is 2.57. The fourth-order valence-electron chi connectivity index (χ4n) is 3.03. The molecule has 2 rings (SSSR count). The lowest BCUT2D eigenvalue weighted by atomic mass is 10.2. The SMILES string of the molecule is COCCCN(CCOC)c1nc(C)nc(Nc2c(Cl)cc(OC)cc2OC)c1[N+](=O)[O-]. The maximum atomic E-state index is 12.1. The van der Waals surface area contributed by atoms with Crippen LogP contribution in [0.1, 0.15) is 12.2 Å². The number of rotatable bonds is 13. The van der Waals surface area contributed by atoms with Crippen molar-refractivity contribution >= 4 is 34.6 Å². The van der Waals surface area contributed by atoms with Crippen LogP contribution < -0.4 is 19.7 Å². The largest absolute Gasteiger partial charge is 0.497 e. The zero-order valence-electron chi connectivity index (χ0n) is 18.8. The lowest BCUT2D eigenvalue weighted by Crippen LogP contribution is -2.31. The minimum absolute atomic E-state index is 0.00275. The van der Waals surface area contributed by atoms with E-state index in [2.05, 4.69) is 15.3 Å². The zero-order valence-corrected chi connectivity index (χ0v) is 19.6. The van der Waals surface area contributed by atoms with Crippen LogP contribution in [0.25, 0.3) is 0 Å². The van der Waals surface area contributed by atoms with Gasteiger partial charge in [0, 0.05) is 46.0 Å².